The van der Waals surface area contributed by atoms with E-state index in [4.69, 9.17) is 10.5 Å². The Morgan fingerprint density at radius 3 is 1.30 bits per heavy atom. The van der Waals surface area contributed by atoms with Crippen LogP contribution in [0.1, 0.15) is 133 Å². The van der Waals surface area contributed by atoms with Gasteiger partial charge in [0.15, 0.2) is 0 Å². The number of carbonyl (C=O) groups excluding carboxylic acids is 3. The van der Waals surface area contributed by atoms with E-state index in [1.54, 1.807) is 49.5 Å². The predicted molar refractivity (Wildman–Crippen MR) is 264 cm³/mol. The van der Waals surface area contributed by atoms with E-state index in [1.165, 1.54) is 12.4 Å². The van der Waals surface area contributed by atoms with Crippen LogP contribution in [-0.2, 0) is 26.5 Å². The zero-order chi connectivity index (χ0) is 47.6. The maximum Gasteiger partial charge on any atom is 0.261 e. The molecular formula is C51H66N6O7. The normalized spacial score (nSPS) is 11.6. The highest BCUT2D eigenvalue weighted by Gasteiger charge is 2.29. The maximum absolute atomic E-state index is 13.1. The Kier molecular flexibility index (Phi) is 15.5. The zero-order valence-corrected chi connectivity index (χ0v) is 38.6. The number of aromatic nitrogens is 2. The minimum absolute atomic E-state index is 0. The number of anilines is 4. The number of nitrogen functional groups attached to an aromatic ring is 1. The van der Waals surface area contributed by atoms with Gasteiger partial charge in [-0.2, -0.15) is 0 Å². The zero-order valence-electron chi connectivity index (χ0n) is 38.6. The summed E-state index contributed by atoms with van der Waals surface area (Å²) in [6.07, 6.45) is 2.82. The molecule has 6 aromatic rings. The van der Waals surface area contributed by atoms with E-state index in [-0.39, 0.29) is 62.5 Å². The number of nitrogens with two attached hydrogens (primary N) is 1. The highest BCUT2D eigenvalue weighted by atomic mass is 16.3. The molecule has 0 unspecified atom stereocenters. The molecule has 342 valence electrons. The summed E-state index contributed by atoms with van der Waals surface area (Å²) in [5, 5.41) is 30.6. The van der Waals surface area contributed by atoms with Crippen molar-refractivity contribution in [3.8, 4) is 11.5 Å². The van der Waals surface area contributed by atoms with Gasteiger partial charge in [-0.25, -0.2) is 0 Å². The minimum atomic E-state index is -0.560. The highest BCUT2D eigenvalue weighted by Crippen LogP contribution is 2.41. The number of pyridine rings is 2. The number of rotatable bonds is 5. The molecule has 13 nitrogen and oxygen atoms in total. The number of hydrogen-bond acceptors (Lipinski definition) is 9. The molecule has 0 spiro atoms. The number of H-pyrrole nitrogens is 2. The average molecular weight is 875 g/mol. The summed E-state index contributed by atoms with van der Waals surface area (Å²) in [6, 6.07) is 17.5. The van der Waals surface area contributed by atoms with Crippen LogP contribution >= 0.6 is 0 Å². The second-order valence-electron chi connectivity index (χ2n) is 19.5. The molecule has 0 aliphatic heterocycles. The molecule has 0 fully saturated rings. The second kappa shape index (κ2) is 19.2. The number of carbonyl (C=O) groups is 3. The molecule has 9 N–H and O–H groups in total. The summed E-state index contributed by atoms with van der Waals surface area (Å²) in [7, 11) is 1.73. The summed E-state index contributed by atoms with van der Waals surface area (Å²) >= 11 is 0. The fourth-order valence-electron chi connectivity index (χ4n) is 7.31. The summed E-state index contributed by atoms with van der Waals surface area (Å²) in [4.78, 5) is 66.1. The second-order valence-corrected chi connectivity index (χ2v) is 19.5. The molecule has 64 heavy (non-hydrogen) atoms. The third-order valence-electron chi connectivity index (χ3n) is 10.6. The molecule has 0 radical (unpaired) electrons. The largest absolute Gasteiger partial charge is 0.508 e. The minimum Gasteiger partial charge on any atom is -0.508 e. The van der Waals surface area contributed by atoms with Crippen molar-refractivity contribution in [3.05, 3.63) is 127 Å². The number of hydrogen-bond donors (Lipinski definition) is 8. The van der Waals surface area contributed by atoms with E-state index in [9.17, 15) is 29.4 Å². The lowest BCUT2D eigenvalue weighted by molar-refractivity contribution is -0.0980. The molecular weight excluding hydrogens is 809 g/mol. The average Bonchev–Trinajstić information content (AvgIpc) is 3.17. The highest BCUT2D eigenvalue weighted by molar-refractivity contribution is 6.08. The van der Waals surface area contributed by atoms with Gasteiger partial charge in [-0.05, 0) is 80.3 Å². The SMILES string of the molecule is C.C=O.CC(C)(C)c1cc(C(C)(C)C)c(NC(=O)c2c[nH]c3cccc(N)c3c2=O)cc1O.CNc1cccc2[nH]cc(C(=O)Nc3cc(O)c(C(C)(C)C)cc3C(C)(C)C)c(=O)c12. The van der Waals surface area contributed by atoms with E-state index in [2.05, 4.69) is 25.9 Å². The number of amides is 2. The Labute approximate surface area is 375 Å². The lowest BCUT2D eigenvalue weighted by atomic mass is 9.79. The van der Waals surface area contributed by atoms with E-state index in [1.807, 2.05) is 108 Å². The number of nitrogens with one attached hydrogen (secondary N) is 5. The topological polar surface area (TPSA) is 219 Å². The van der Waals surface area contributed by atoms with Crippen LogP contribution in [0, 0.1) is 0 Å². The Hall–Kier alpha value is -6.89. The molecule has 0 saturated heterocycles. The van der Waals surface area contributed by atoms with Gasteiger partial charge in [0.1, 0.15) is 29.4 Å². The number of benzene rings is 4. The third-order valence-corrected chi connectivity index (χ3v) is 10.6. The van der Waals surface area contributed by atoms with Gasteiger partial charge >= 0.3 is 0 Å². The number of aromatic amines is 2. The summed E-state index contributed by atoms with van der Waals surface area (Å²) in [5.41, 5.74) is 10.5. The Morgan fingerprint density at radius 1 is 0.562 bits per heavy atom. The van der Waals surface area contributed by atoms with Crippen LogP contribution in [0.4, 0.5) is 22.7 Å². The third kappa shape index (κ3) is 11.0. The van der Waals surface area contributed by atoms with Crippen LogP contribution in [0.3, 0.4) is 0 Å². The Morgan fingerprint density at radius 2 is 0.922 bits per heavy atom. The molecule has 0 saturated carbocycles. The molecule has 2 amide bonds. The molecule has 4 aromatic carbocycles. The molecule has 2 heterocycles. The Bertz CT molecular complexity index is 2810. The number of phenols is 2. The molecule has 0 atom stereocenters. The first-order valence-electron chi connectivity index (χ1n) is 20.5. The molecule has 2 aromatic heterocycles. The summed E-state index contributed by atoms with van der Waals surface area (Å²) in [5.74, 6) is -0.875. The van der Waals surface area contributed by atoms with E-state index in [0.29, 0.717) is 39.2 Å². The van der Waals surface area contributed by atoms with Crippen molar-refractivity contribution in [2.24, 2.45) is 0 Å². The smallest absolute Gasteiger partial charge is 0.261 e. The summed E-state index contributed by atoms with van der Waals surface area (Å²) in [6.45, 7) is 26.4. The first-order valence-corrected chi connectivity index (χ1v) is 20.5. The van der Waals surface area contributed by atoms with Crippen molar-refractivity contribution >= 4 is 63.2 Å². The quantitative estimate of drug-likeness (QED) is 0.0771. The van der Waals surface area contributed by atoms with Gasteiger partial charge < -0.3 is 46.7 Å². The van der Waals surface area contributed by atoms with Crippen LogP contribution in [0.25, 0.3) is 21.8 Å². The van der Waals surface area contributed by atoms with Crippen LogP contribution in [0.15, 0.2) is 82.6 Å². The molecule has 0 bridgehead atoms. The van der Waals surface area contributed by atoms with E-state index >= 15 is 0 Å². The monoisotopic (exact) mass is 874 g/mol. The standard InChI is InChI=1S/C25H31N3O3.C24H29N3O3.CH2O.CH4/c1-24(2,3)15-11-16(25(4,5)6)20(29)12-19(15)28-23(31)14-13-27-18-10-8-9-17(26-7)21(18)22(14)30;1-23(2,3)14-10-15(24(4,5)6)19(28)11-18(14)27-22(30)13-12-26-17-9-7-8-16(25)20(17)21(13)29;1-2;/h8-13,26,29H,1-7H3,(H,27,30)(H,28,31);7-12,28H,25H2,1-6H3,(H,26,29)(H,27,30);1H2;1H4. The van der Waals surface area contributed by atoms with Crippen LogP contribution in [0.2, 0.25) is 0 Å². The van der Waals surface area contributed by atoms with Gasteiger partial charge in [-0.15, -0.1) is 0 Å². The molecule has 13 heteroatoms. The van der Waals surface area contributed by atoms with E-state index in [0.717, 1.165) is 22.3 Å². The number of fused-ring (bicyclic) bond motifs is 2. The van der Waals surface area contributed by atoms with Crippen molar-refractivity contribution in [1.82, 2.24) is 9.97 Å². The van der Waals surface area contributed by atoms with Gasteiger partial charge in [0.05, 0.1) is 21.8 Å². The van der Waals surface area contributed by atoms with Crippen LogP contribution in [0.5, 0.6) is 11.5 Å². The fourth-order valence-corrected chi connectivity index (χ4v) is 7.31. The van der Waals surface area contributed by atoms with Gasteiger partial charge in [-0.1, -0.05) is 103 Å². The van der Waals surface area contributed by atoms with Gasteiger partial charge in [-0.3, -0.25) is 19.2 Å². The van der Waals surface area contributed by atoms with Crippen LogP contribution < -0.4 is 32.5 Å². The van der Waals surface area contributed by atoms with Gasteiger partial charge in [0.2, 0.25) is 10.9 Å². The van der Waals surface area contributed by atoms with Crippen molar-refractivity contribution in [2.45, 2.75) is 112 Å². The van der Waals surface area contributed by atoms with Crippen LogP contribution in [-0.4, -0.2) is 45.8 Å². The lowest BCUT2D eigenvalue weighted by Crippen LogP contribution is -2.25. The number of phenolic OH excluding ortho intramolecular Hbond substituents is 2. The number of aromatic hydroxyl groups is 2. The maximum atomic E-state index is 13.1. The predicted octanol–water partition coefficient (Wildman–Crippen LogP) is 10.2. The van der Waals surface area contributed by atoms with Gasteiger partial charge in [0, 0.05) is 54.3 Å². The molecule has 6 rings (SSSR count). The summed E-state index contributed by atoms with van der Waals surface area (Å²) < 4.78 is 0. The van der Waals surface area contributed by atoms with Crippen molar-refractivity contribution in [3.63, 3.8) is 0 Å². The first kappa shape index (κ1) is 51.5. The van der Waals surface area contributed by atoms with Crippen molar-refractivity contribution in [1.29, 1.82) is 0 Å². The van der Waals surface area contributed by atoms with E-state index < -0.39 is 17.2 Å². The molecule has 0 aliphatic rings. The molecule has 0 aliphatic carbocycles. The Balaban J connectivity index is 0.000000323. The van der Waals surface area contributed by atoms with Crippen molar-refractivity contribution in [2.75, 3.05) is 28.7 Å². The van der Waals surface area contributed by atoms with Crippen molar-refractivity contribution < 1.29 is 24.6 Å². The first-order chi connectivity index (χ1) is 29.1. The lowest BCUT2D eigenvalue weighted by Gasteiger charge is -2.28. The fraction of sp³-hybridized carbons (Fsp3) is 0.353. The van der Waals surface area contributed by atoms with Gasteiger partial charge in [0.25, 0.3) is 11.8 Å².